The number of hydrogen-bond acceptors (Lipinski definition) is 4. The highest BCUT2D eigenvalue weighted by atomic mass is 16.4. The molecule has 1 amide bonds. The standard InChI is InChI=1S/C13H17N3O3/c1-10(13(18)19)15-6-8-16(9-7-15)12(17)11-4-2-3-5-14-11/h2-5,10H,6-9H2,1H3,(H,18,19). The lowest BCUT2D eigenvalue weighted by atomic mass is 10.2. The van der Waals surface area contributed by atoms with Gasteiger partial charge in [0, 0.05) is 32.4 Å². The van der Waals surface area contributed by atoms with Crippen LogP contribution in [0.2, 0.25) is 0 Å². The number of nitrogens with zero attached hydrogens (tertiary/aromatic N) is 3. The van der Waals surface area contributed by atoms with E-state index in [1.54, 1.807) is 36.2 Å². The third-order valence-corrected chi connectivity index (χ3v) is 3.39. The summed E-state index contributed by atoms with van der Waals surface area (Å²) < 4.78 is 0. The summed E-state index contributed by atoms with van der Waals surface area (Å²) in [7, 11) is 0. The van der Waals surface area contributed by atoms with E-state index in [9.17, 15) is 9.59 Å². The zero-order valence-electron chi connectivity index (χ0n) is 10.8. The van der Waals surface area contributed by atoms with Gasteiger partial charge in [-0.25, -0.2) is 0 Å². The molecule has 1 N–H and O–H groups in total. The first-order chi connectivity index (χ1) is 9.09. The van der Waals surface area contributed by atoms with Gasteiger partial charge in [0.15, 0.2) is 0 Å². The van der Waals surface area contributed by atoms with Crippen molar-refractivity contribution >= 4 is 11.9 Å². The van der Waals surface area contributed by atoms with E-state index in [1.807, 2.05) is 4.90 Å². The minimum atomic E-state index is -0.829. The maximum Gasteiger partial charge on any atom is 0.320 e. The molecule has 1 unspecified atom stereocenters. The van der Waals surface area contributed by atoms with Crippen molar-refractivity contribution in [1.82, 2.24) is 14.8 Å². The molecule has 2 rings (SSSR count). The SMILES string of the molecule is CC(C(=O)O)N1CCN(C(=O)c2ccccn2)CC1. The maximum atomic E-state index is 12.1. The van der Waals surface area contributed by atoms with Crippen molar-refractivity contribution in [3.8, 4) is 0 Å². The van der Waals surface area contributed by atoms with E-state index in [1.165, 1.54) is 0 Å². The molecule has 2 heterocycles. The minimum absolute atomic E-state index is 0.0942. The number of carbonyl (C=O) groups is 2. The fourth-order valence-corrected chi connectivity index (χ4v) is 2.12. The Balaban J connectivity index is 1.93. The molecule has 0 spiro atoms. The molecule has 1 atom stereocenters. The van der Waals surface area contributed by atoms with Crippen molar-refractivity contribution in [2.45, 2.75) is 13.0 Å². The Bertz CT molecular complexity index is 455. The second kappa shape index (κ2) is 5.79. The van der Waals surface area contributed by atoms with Crippen LogP contribution in [0, 0.1) is 0 Å². The Kier molecular flexibility index (Phi) is 4.11. The van der Waals surface area contributed by atoms with Crippen molar-refractivity contribution in [2.24, 2.45) is 0 Å². The number of piperazine rings is 1. The molecule has 0 bridgehead atoms. The molecule has 102 valence electrons. The van der Waals surface area contributed by atoms with E-state index in [4.69, 9.17) is 5.11 Å². The van der Waals surface area contributed by atoms with Crippen LogP contribution in [0.1, 0.15) is 17.4 Å². The average molecular weight is 263 g/mol. The highest BCUT2D eigenvalue weighted by Gasteiger charge is 2.27. The van der Waals surface area contributed by atoms with Crippen LogP contribution in [-0.4, -0.2) is 64.0 Å². The summed E-state index contributed by atoms with van der Waals surface area (Å²) in [6.45, 7) is 3.89. The first-order valence-electron chi connectivity index (χ1n) is 6.27. The summed E-state index contributed by atoms with van der Waals surface area (Å²) in [6.07, 6.45) is 1.59. The van der Waals surface area contributed by atoms with Gasteiger partial charge in [0.05, 0.1) is 0 Å². The predicted octanol–water partition coefficient (Wildman–Crippen LogP) is 0.312. The number of amides is 1. The van der Waals surface area contributed by atoms with Gasteiger partial charge in [-0.2, -0.15) is 0 Å². The van der Waals surface area contributed by atoms with E-state index in [-0.39, 0.29) is 5.91 Å². The molecule has 1 aliphatic rings. The Hall–Kier alpha value is -1.95. The van der Waals surface area contributed by atoms with Gasteiger partial charge in [-0.05, 0) is 19.1 Å². The number of aliphatic carboxylic acids is 1. The molecule has 0 aromatic carbocycles. The number of rotatable bonds is 3. The van der Waals surface area contributed by atoms with Crippen molar-refractivity contribution in [3.05, 3.63) is 30.1 Å². The molecule has 1 fully saturated rings. The Labute approximate surface area is 111 Å². The van der Waals surface area contributed by atoms with Crippen LogP contribution in [0.25, 0.3) is 0 Å². The van der Waals surface area contributed by atoms with Crippen LogP contribution in [-0.2, 0) is 4.79 Å². The normalized spacial score (nSPS) is 18.1. The Morgan fingerprint density at radius 3 is 2.47 bits per heavy atom. The summed E-state index contributed by atoms with van der Waals surface area (Å²) in [5.41, 5.74) is 0.433. The van der Waals surface area contributed by atoms with E-state index in [0.29, 0.717) is 31.9 Å². The molecular formula is C13H17N3O3. The monoisotopic (exact) mass is 263 g/mol. The third kappa shape index (κ3) is 3.08. The van der Waals surface area contributed by atoms with Crippen LogP contribution >= 0.6 is 0 Å². The molecule has 1 aliphatic heterocycles. The highest BCUT2D eigenvalue weighted by molar-refractivity contribution is 5.92. The molecule has 0 saturated carbocycles. The fraction of sp³-hybridized carbons (Fsp3) is 0.462. The van der Waals surface area contributed by atoms with Crippen molar-refractivity contribution < 1.29 is 14.7 Å². The average Bonchev–Trinajstić information content (AvgIpc) is 2.46. The topological polar surface area (TPSA) is 73.7 Å². The van der Waals surface area contributed by atoms with Gasteiger partial charge in [0.25, 0.3) is 5.91 Å². The second-order valence-corrected chi connectivity index (χ2v) is 4.56. The third-order valence-electron chi connectivity index (χ3n) is 3.39. The van der Waals surface area contributed by atoms with Crippen LogP contribution < -0.4 is 0 Å². The van der Waals surface area contributed by atoms with Gasteiger partial charge in [0.1, 0.15) is 11.7 Å². The largest absolute Gasteiger partial charge is 0.480 e. The molecule has 0 aliphatic carbocycles. The molecule has 1 saturated heterocycles. The van der Waals surface area contributed by atoms with E-state index >= 15 is 0 Å². The predicted molar refractivity (Wildman–Crippen MR) is 68.8 cm³/mol. The fourth-order valence-electron chi connectivity index (χ4n) is 2.12. The van der Waals surface area contributed by atoms with Crippen molar-refractivity contribution in [2.75, 3.05) is 26.2 Å². The van der Waals surface area contributed by atoms with Gasteiger partial charge in [-0.15, -0.1) is 0 Å². The highest BCUT2D eigenvalue weighted by Crippen LogP contribution is 2.09. The Morgan fingerprint density at radius 2 is 1.95 bits per heavy atom. The number of aromatic nitrogens is 1. The van der Waals surface area contributed by atoms with E-state index in [2.05, 4.69) is 4.98 Å². The summed E-state index contributed by atoms with van der Waals surface area (Å²) in [4.78, 5) is 30.7. The lowest BCUT2D eigenvalue weighted by Crippen LogP contribution is -2.53. The first-order valence-corrected chi connectivity index (χ1v) is 6.27. The van der Waals surface area contributed by atoms with Crippen LogP contribution in [0.5, 0.6) is 0 Å². The summed E-state index contributed by atoms with van der Waals surface area (Å²) in [5.74, 6) is -0.923. The minimum Gasteiger partial charge on any atom is -0.480 e. The zero-order valence-corrected chi connectivity index (χ0v) is 10.8. The van der Waals surface area contributed by atoms with Gasteiger partial charge >= 0.3 is 5.97 Å². The summed E-state index contributed by atoms with van der Waals surface area (Å²) in [6, 6.07) is 4.73. The van der Waals surface area contributed by atoms with Gasteiger partial charge in [0.2, 0.25) is 0 Å². The number of pyridine rings is 1. The zero-order chi connectivity index (χ0) is 13.8. The summed E-state index contributed by atoms with van der Waals surface area (Å²) >= 11 is 0. The molecular weight excluding hydrogens is 246 g/mol. The number of hydrogen-bond donors (Lipinski definition) is 1. The Morgan fingerprint density at radius 1 is 1.26 bits per heavy atom. The van der Waals surface area contributed by atoms with Crippen LogP contribution in [0.4, 0.5) is 0 Å². The molecule has 1 aromatic rings. The number of carboxylic acid groups (broad SMARTS) is 1. The van der Waals surface area contributed by atoms with E-state index in [0.717, 1.165) is 0 Å². The molecule has 0 radical (unpaired) electrons. The number of carboxylic acids is 1. The van der Waals surface area contributed by atoms with Crippen molar-refractivity contribution in [3.63, 3.8) is 0 Å². The first kappa shape index (κ1) is 13.5. The second-order valence-electron chi connectivity index (χ2n) is 4.56. The lowest BCUT2D eigenvalue weighted by molar-refractivity contribution is -0.143. The van der Waals surface area contributed by atoms with Gasteiger partial charge in [-0.3, -0.25) is 19.5 Å². The molecule has 6 heteroatoms. The quantitative estimate of drug-likeness (QED) is 0.849. The van der Waals surface area contributed by atoms with Gasteiger partial charge in [-0.1, -0.05) is 6.07 Å². The van der Waals surface area contributed by atoms with E-state index < -0.39 is 12.0 Å². The molecule has 6 nitrogen and oxygen atoms in total. The molecule has 19 heavy (non-hydrogen) atoms. The van der Waals surface area contributed by atoms with Crippen LogP contribution in [0.3, 0.4) is 0 Å². The van der Waals surface area contributed by atoms with Crippen molar-refractivity contribution in [1.29, 1.82) is 0 Å². The smallest absolute Gasteiger partial charge is 0.320 e. The maximum absolute atomic E-state index is 12.1. The van der Waals surface area contributed by atoms with Crippen LogP contribution in [0.15, 0.2) is 24.4 Å². The lowest BCUT2D eigenvalue weighted by Gasteiger charge is -2.36. The van der Waals surface area contributed by atoms with Gasteiger partial charge < -0.3 is 10.0 Å². The number of carbonyl (C=O) groups excluding carboxylic acids is 1. The molecule has 1 aromatic heterocycles. The summed E-state index contributed by atoms with van der Waals surface area (Å²) in [5, 5.41) is 8.96.